The van der Waals surface area contributed by atoms with Crippen molar-refractivity contribution in [1.82, 2.24) is 0 Å². The fourth-order valence-corrected chi connectivity index (χ4v) is 7.77. The molecule has 0 heterocycles. The van der Waals surface area contributed by atoms with Crippen molar-refractivity contribution in [2.45, 2.75) is 89.9 Å². The summed E-state index contributed by atoms with van der Waals surface area (Å²) < 4.78 is 0. The zero-order valence-corrected chi connectivity index (χ0v) is 15.9. The molecule has 9 atom stereocenters. The maximum Gasteiger partial charge on any atom is 0.137 e. The van der Waals surface area contributed by atoms with E-state index in [2.05, 4.69) is 6.92 Å². The molecule has 4 fully saturated rings. The summed E-state index contributed by atoms with van der Waals surface area (Å²) in [6, 6.07) is 0. The number of rotatable bonds is 1. The Morgan fingerprint density at radius 3 is 2.52 bits per heavy atom. The second-order valence-electron chi connectivity index (χ2n) is 10.2. The normalized spacial score (nSPS) is 56.7. The number of hydrogen-bond acceptors (Lipinski definition) is 4. The van der Waals surface area contributed by atoms with E-state index in [1.165, 1.54) is 0 Å². The molecule has 4 saturated carbocycles. The average Bonchev–Trinajstić information content (AvgIpc) is 2.80. The van der Waals surface area contributed by atoms with Crippen molar-refractivity contribution in [3.8, 4) is 0 Å². The quantitative estimate of drug-likeness (QED) is 0.679. The molecule has 0 saturated heterocycles. The van der Waals surface area contributed by atoms with Crippen LogP contribution in [0.5, 0.6) is 0 Å². The molecule has 4 aliphatic carbocycles. The van der Waals surface area contributed by atoms with Crippen molar-refractivity contribution >= 4 is 5.78 Å². The van der Waals surface area contributed by atoms with Crippen LogP contribution in [0.25, 0.3) is 0 Å². The van der Waals surface area contributed by atoms with Crippen LogP contribution in [0.4, 0.5) is 0 Å². The van der Waals surface area contributed by atoms with Gasteiger partial charge in [-0.15, -0.1) is 0 Å². The molecular weight excluding hydrogens is 316 g/mol. The maximum atomic E-state index is 13.4. The number of aliphatic hydroxyl groups excluding tert-OH is 2. The number of ketones is 1. The van der Waals surface area contributed by atoms with E-state index in [1.54, 1.807) is 6.92 Å². The maximum absolute atomic E-state index is 13.4. The third kappa shape index (κ3) is 2.20. The Balaban J connectivity index is 1.70. The van der Waals surface area contributed by atoms with Gasteiger partial charge in [-0.05, 0) is 75.0 Å². The molecule has 0 spiro atoms. The lowest BCUT2D eigenvalue weighted by Gasteiger charge is -2.60. The number of carbonyl (C=O) groups is 1. The minimum atomic E-state index is -1.14. The lowest BCUT2D eigenvalue weighted by molar-refractivity contribution is -0.190. The summed E-state index contributed by atoms with van der Waals surface area (Å²) in [6.07, 6.45) is 5.60. The summed E-state index contributed by atoms with van der Waals surface area (Å²) >= 11 is 0. The van der Waals surface area contributed by atoms with E-state index in [-0.39, 0.29) is 17.4 Å². The lowest BCUT2D eigenvalue weighted by Crippen LogP contribution is -2.62. The van der Waals surface area contributed by atoms with Crippen molar-refractivity contribution in [2.24, 2.45) is 34.5 Å². The van der Waals surface area contributed by atoms with Gasteiger partial charge in [0.15, 0.2) is 0 Å². The summed E-state index contributed by atoms with van der Waals surface area (Å²) in [7, 11) is 0. The van der Waals surface area contributed by atoms with Gasteiger partial charge in [-0.25, -0.2) is 0 Å². The summed E-state index contributed by atoms with van der Waals surface area (Å²) in [5, 5.41) is 31.6. The third-order valence-corrected chi connectivity index (χ3v) is 9.23. The molecule has 0 aromatic rings. The van der Waals surface area contributed by atoms with Crippen molar-refractivity contribution in [1.29, 1.82) is 0 Å². The number of aliphatic hydroxyl groups is 3. The van der Waals surface area contributed by atoms with Crippen LogP contribution in [0.1, 0.15) is 72.1 Å². The first kappa shape index (κ1) is 17.9. The van der Waals surface area contributed by atoms with Gasteiger partial charge in [-0.3, -0.25) is 4.79 Å². The summed E-state index contributed by atoms with van der Waals surface area (Å²) in [5.41, 5.74) is -1.64. The van der Waals surface area contributed by atoms with Crippen LogP contribution >= 0.6 is 0 Å². The molecule has 25 heavy (non-hydrogen) atoms. The highest BCUT2D eigenvalue weighted by molar-refractivity contribution is 5.84. The SMILES string of the molecule is C[C@H](O)[C@@]1(O)CC[C@@H]2[C@@H]3CC[C@@H]4C[C@H](O)CC[C@]4(C)[C@H]3C(=O)C[C@]21C. The predicted octanol–water partition coefficient (Wildman–Crippen LogP) is 2.68. The van der Waals surface area contributed by atoms with Crippen molar-refractivity contribution in [3.05, 3.63) is 0 Å². The van der Waals surface area contributed by atoms with Gasteiger partial charge in [0, 0.05) is 17.8 Å². The largest absolute Gasteiger partial charge is 0.393 e. The Kier molecular flexibility index (Phi) is 3.97. The molecule has 4 heteroatoms. The first-order valence-electron chi connectivity index (χ1n) is 10.2. The molecule has 0 radical (unpaired) electrons. The van der Waals surface area contributed by atoms with Crippen LogP contribution in [0.2, 0.25) is 0 Å². The van der Waals surface area contributed by atoms with E-state index in [0.717, 1.165) is 38.5 Å². The van der Waals surface area contributed by atoms with E-state index in [9.17, 15) is 20.1 Å². The van der Waals surface area contributed by atoms with Gasteiger partial charge in [0.1, 0.15) is 5.78 Å². The molecular formula is C21H34O4. The van der Waals surface area contributed by atoms with Crippen molar-refractivity contribution in [2.75, 3.05) is 0 Å². The molecule has 4 rings (SSSR count). The van der Waals surface area contributed by atoms with Gasteiger partial charge in [0.2, 0.25) is 0 Å². The van der Waals surface area contributed by atoms with Crippen LogP contribution < -0.4 is 0 Å². The van der Waals surface area contributed by atoms with E-state index in [0.29, 0.717) is 36.4 Å². The van der Waals surface area contributed by atoms with E-state index < -0.39 is 17.1 Å². The molecule has 4 nitrogen and oxygen atoms in total. The molecule has 0 bridgehead atoms. The van der Waals surface area contributed by atoms with Gasteiger partial charge in [0.05, 0.1) is 17.8 Å². The smallest absolute Gasteiger partial charge is 0.137 e. The number of carbonyl (C=O) groups excluding carboxylic acids is 1. The Hall–Kier alpha value is -0.450. The Morgan fingerprint density at radius 2 is 1.84 bits per heavy atom. The van der Waals surface area contributed by atoms with Crippen LogP contribution in [0.3, 0.4) is 0 Å². The van der Waals surface area contributed by atoms with Gasteiger partial charge in [-0.2, -0.15) is 0 Å². The average molecular weight is 350 g/mol. The van der Waals surface area contributed by atoms with Gasteiger partial charge in [-0.1, -0.05) is 13.8 Å². The molecule has 0 aromatic heterocycles. The molecule has 0 unspecified atom stereocenters. The fourth-order valence-electron chi connectivity index (χ4n) is 7.77. The molecule has 0 aliphatic heterocycles. The zero-order chi connectivity index (χ0) is 18.2. The first-order chi connectivity index (χ1) is 11.6. The number of fused-ring (bicyclic) bond motifs is 5. The van der Waals surface area contributed by atoms with Crippen LogP contribution in [-0.2, 0) is 4.79 Å². The van der Waals surface area contributed by atoms with E-state index >= 15 is 0 Å². The van der Waals surface area contributed by atoms with Crippen molar-refractivity contribution < 1.29 is 20.1 Å². The summed E-state index contributed by atoms with van der Waals surface area (Å²) in [6.45, 7) is 6.01. The van der Waals surface area contributed by atoms with Crippen molar-refractivity contribution in [3.63, 3.8) is 0 Å². The summed E-state index contributed by atoms with van der Waals surface area (Å²) in [4.78, 5) is 13.4. The molecule has 4 aliphatic rings. The highest BCUT2D eigenvalue weighted by Crippen LogP contribution is 2.67. The molecule has 142 valence electrons. The number of hydrogen-bond donors (Lipinski definition) is 3. The second-order valence-corrected chi connectivity index (χ2v) is 10.2. The minimum Gasteiger partial charge on any atom is -0.393 e. The monoisotopic (exact) mass is 350 g/mol. The molecule has 3 N–H and O–H groups in total. The van der Waals surface area contributed by atoms with E-state index in [4.69, 9.17) is 0 Å². The standard InChI is InChI=1S/C21H34O4/c1-12(22)21(25)9-7-16-15-5-4-13-10-14(23)6-8-19(13,2)18(15)17(24)11-20(16,21)3/h12-16,18,22-23,25H,4-11H2,1-3H3/t12-,13+,14+,15-,16+,18+,19-,20+,21-/m0/s1. The Labute approximate surface area is 151 Å². The van der Waals surface area contributed by atoms with E-state index in [1.807, 2.05) is 6.92 Å². The molecule has 0 aromatic carbocycles. The first-order valence-corrected chi connectivity index (χ1v) is 10.2. The summed E-state index contributed by atoms with van der Waals surface area (Å²) in [5.74, 6) is 1.47. The fraction of sp³-hybridized carbons (Fsp3) is 0.952. The topological polar surface area (TPSA) is 77.8 Å². The van der Waals surface area contributed by atoms with Crippen LogP contribution in [0, 0.1) is 34.5 Å². The van der Waals surface area contributed by atoms with Gasteiger partial charge in [0.25, 0.3) is 0 Å². The van der Waals surface area contributed by atoms with Gasteiger partial charge < -0.3 is 15.3 Å². The highest BCUT2D eigenvalue weighted by atomic mass is 16.3. The Bertz CT molecular complexity index is 574. The predicted molar refractivity (Wildman–Crippen MR) is 94.8 cm³/mol. The van der Waals surface area contributed by atoms with Crippen LogP contribution in [-0.4, -0.2) is 38.9 Å². The highest BCUT2D eigenvalue weighted by Gasteiger charge is 2.68. The zero-order valence-electron chi connectivity index (χ0n) is 15.9. The Morgan fingerprint density at radius 1 is 1.12 bits per heavy atom. The number of Topliss-reactive ketones (excluding diaryl/α,β-unsaturated/α-hetero) is 1. The minimum absolute atomic E-state index is 0.00605. The van der Waals surface area contributed by atoms with Crippen LogP contribution in [0.15, 0.2) is 0 Å². The lowest BCUT2D eigenvalue weighted by atomic mass is 9.44. The van der Waals surface area contributed by atoms with Gasteiger partial charge >= 0.3 is 0 Å². The second kappa shape index (κ2) is 5.53. The third-order valence-electron chi connectivity index (χ3n) is 9.23. The molecule has 0 amide bonds.